The molecule has 3 aliphatic rings. The second kappa shape index (κ2) is 7.30. The van der Waals surface area contributed by atoms with Crippen molar-refractivity contribution in [3.8, 4) is 5.75 Å². The van der Waals surface area contributed by atoms with Crippen LogP contribution in [-0.4, -0.2) is 44.4 Å². The van der Waals surface area contributed by atoms with Crippen LogP contribution in [0.3, 0.4) is 0 Å². The van der Waals surface area contributed by atoms with Crippen molar-refractivity contribution in [1.82, 2.24) is 0 Å². The normalized spacial score (nSPS) is 26.8. The Morgan fingerprint density at radius 3 is 2.42 bits per heavy atom. The van der Waals surface area contributed by atoms with Crippen LogP contribution < -0.4 is 10.1 Å². The quantitative estimate of drug-likeness (QED) is 0.895. The third-order valence-electron chi connectivity index (χ3n) is 5.25. The Hall–Kier alpha value is -1.30. The summed E-state index contributed by atoms with van der Waals surface area (Å²) in [7, 11) is 0. The fraction of sp³-hybridized carbons (Fsp3) is 0.684. The van der Waals surface area contributed by atoms with Crippen LogP contribution in [0.15, 0.2) is 24.3 Å². The van der Waals surface area contributed by atoms with Gasteiger partial charge in [-0.05, 0) is 49.9 Å². The molecule has 1 atom stereocenters. The predicted octanol–water partition coefficient (Wildman–Crippen LogP) is 3.34. The third kappa shape index (κ3) is 3.85. The number of anilines is 1. The van der Waals surface area contributed by atoms with E-state index >= 15 is 0 Å². The standard InChI is InChI=1S/C19H27NO4/c1-2-18(21-11-1)14-22-17-5-3-15(4-6-17)20-16-7-9-19(10-8-16)23-12-13-24-19/h3-6,16,18,20H,1-2,7-14H2/t18-/m1/s1. The molecule has 0 bridgehead atoms. The second-order valence-corrected chi connectivity index (χ2v) is 7.00. The Labute approximate surface area is 143 Å². The van der Waals surface area contributed by atoms with Gasteiger partial charge in [0.2, 0.25) is 0 Å². The van der Waals surface area contributed by atoms with E-state index in [2.05, 4.69) is 17.4 Å². The SMILES string of the molecule is c1cc(OC[C@H]2CCCO2)ccc1NC1CCC2(CC1)OCCO2. The molecule has 5 nitrogen and oxygen atoms in total. The average molecular weight is 333 g/mol. The van der Waals surface area contributed by atoms with Crippen LogP contribution in [0.4, 0.5) is 5.69 Å². The monoisotopic (exact) mass is 333 g/mol. The number of ether oxygens (including phenoxy) is 4. The van der Waals surface area contributed by atoms with Crippen LogP contribution in [0, 0.1) is 0 Å². The molecule has 2 aliphatic heterocycles. The highest BCUT2D eigenvalue weighted by Gasteiger charge is 2.40. The molecule has 0 aromatic heterocycles. The lowest BCUT2D eigenvalue weighted by molar-refractivity contribution is -0.177. The zero-order chi connectivity index (χ0) is 16.2. The maximum absolute atomic E-state index is 5.81. The molecular weight excluding hydrogens is 306 g/mol. The zero-order valence-corrected chi connectivity index (χ0v) is 14.2. The van der Waals surface area contributed by atoms with E-state index in [4.69, 9.17) is 18.9 Å². The first-order valence-electron chi connectivity index (χ1n) is 9.20. The van der Waals surface area contributed by atoms with Crippen molar-refractivity contribution in [3.63, 3.8) is 0 Å². The Bertz CT molecular complexity index is 511. The molecule has 24 heavy (non-hydrogen) atoms. The van der Waals surface area contributed by atoms with Crippen LogP contribution in [0.25, 0.3) is 0 Å². The minimum Gasteiger partial charge on any atom is -0.491 e. The molecule has 0 unspecified atom stereocenters. The van der Waals surface area contributed by atoms with Gasteiger partial charge in [-0.25, -0.2) is 0 Å². The van der Waals surface area contributed by atoms with Crippen LogP contribution in [0.5, 0.6) is 5.75 Å². The third-order valence-corrected chi connectivity index (χ3v) is 5.25. The molecule has 2 saturated heterocycles. The Morgan fingerprint density at radius 2 is 1.75 bits per heavy atom. The summed E-state index contributed by atoms with van der Waals surface area (Å²) >= 11 is 0. The minimum absolute atomic E-state index is 0.261. The molecule has 1 spiro atoms. The van der Waals surface area contributed by atoms with Gasteiger partial charge in [0.1, 0.15) is 12.4 Å². The van der Waals surface area contributed by atoms with E-state index in [1.54, 1.807) is 0 Å². The van der Waals surface area contributed by atoms with E-state index in [-0.39, 0.29) is 11.9 Å². The van der Waals surface area contributed by atoms with Gasteiger partial charge in [-0.15, -0.1) is 0 Å². The Kier molecular flexibility index (Phi) is 4.92. The molecule has 1 aromatic rings. The largest absolute Gasteiger partial charge is 0.491 e. The van der Waals surface area contributed by atoms with Crippen molar-refractivity contribution >= 4 is 5.69 Å². The highest BCUT2D eigenvalue weighted by atomic mass is 16.7. The molecule has 1 saturated carbocycles. The molecule has 3 fully saturated rings. The zero-order valence-electron chi connectivity index (χ0n) is 14.2. The van der Waals surface area contributed by atoms with Gasteiger partial charge in [0.25, 0.3) is 0 Å². The van der Waals surface area contributed by atoms with E-state index in [0.717, 1.165) is 69.8 Å². The molecule has 1 aliphatic carbocycles. The summed E-state index contributed by atoms with van der Waals surface area (Å²) in [5, 5.41) is 3.62. The highest BCUT2D eigenvalue weighted by Crippen LogP contribution is 2.36. The van der Waals surface area contributed by atoms with Crippen LogP contribution >= 0.6 is 0 Å². The topological polar surface area (TPSA) is 49.0 Å². The molecule has 1 aromatic carbocycles. The van der Waals surface area contributed by atoms with Crippen LogP contribution in [0.1, 0.15) is 38.5 Å². The van der Waals surface area contributed by atoms with Crippen molar-refractivity contribution < 1.29 is 18.9 Å². The van der Waals surface area contributed by atoms with E-state index < -0.39 is 0 Å². The highest BCUT2D eigenvalue weighted by molar-refractivity contribution is 5.47. The average Bonchev–Trinajstić information content (AvgIpc) is 3.29. The van der Waals surface area contributed by atoms with Gasteiger partial charge >= 0.3 is 0 Å². The summed E-state index contributed by atoms with van der Waals surface area (Å²) in [6.07, 6.45) is 6.64. The van der Waals surface area contributed by atoms with Gasteiger partial charge in [0.15, 0.2) is 5.79 Å². The van der Waals surface area contributed by atoms with Gasteiger partial charge in [0, 0.05) is 31.2 Å². The minimum atomic E-state index is -0.280. The van der Waals surface area contributed by atoms with Crippen molar-refractivity contribution in [2.24, 2.45) is 0 Å². The van der Waals surface area contributed by atoms with Crippen molar-refractivity contribution in [2.75, 3.05) is 31.7 Å². The van der Waals surface area contributed by atoms with E-state index in [1.807, 2.05) is 12.1 Å². The lowest BCUT2D eigenvalue weighted by Gasteiger charge is -2.36. The number of hydrogen-bond acceptors (Lipinski definition) is 5. The number of nitrogens with one attached hydrogen (secondary N) is 1. The van der Waals surface area contributed by atoms with Gasteiger partial charge in [-0.3, -0.25) is 0 Å². The summed E-state index contributed by atoms with van der Waals surface area (Å²) in [6, 6.07) is 8.74. The fourth-order valence-electron chi connectivity index (χ4n) is 3.84. The maximum Gasteiger partial charge on any atom is 0.168 e. The fourth-order valence-corrected chi connectivity index (χ4v) is 3.84. The lowest BCUT2D eigenvalue weighted by Crippen LogP contribution is -2.39. The molecule has 2 heterocycles. The van der Waals surface area contributed by atoms with E-state index in [1.165, 1.54) is 0 Å². The molecule has 0 amide bonds. The first-order chi connectivity index (χ1) is 11.8. The molecule has 5 heteroatoms. The summed E-state index contributed by atoms with van der Waals surface area (Å²) in [6.45, 7) is 3.00. The first-order valence-corrected chi connectivity index (χ1v) is 9.20. The summed E-state index contributed by atoms with van der Waals surface area (Å²) in [5.41, 5.74) is 1.15. The predicted molar refractivity (Wildman–Crippen MR) is 91.4 cm³/mol. The molecule has 1 N–H and O–H groups in total. The smallest absolute Gasteiger partial charge is 0.168 e. The maximum atomic E-state index is 5.81. The number of hydrogen-bond donors (Lipinski definition) is 1. The van der Waals surface area contributed by atoms with Crippen molar-refractivity contribution in [2.45, 2.75) is 56.5 Å². The van der Waals surface area contributed by atoms with Gasteiger partial charge in [0.05, 0.1) is 19.3 Å². The Balaban J connectivity index is 1.23. The Morgan fingerprint density at radius 1 is 1.00 bits per heavy atom. The van der Waals surface area contributed by atoms with E-state index in [9.17, 15) is 0 Å². The van der Waals surface area contributed by atoms with Crippen LogP contribution in [0.2, 0.25) is 0 Å². The van der Waals surface area contributed by atoms with Gasteiger partial charge in [-0.1, -0.05) is 0 Å². The lowest BCUT2D eigenvalue weighted by atomic mass is 9.90. The summed E-state index contributed by atoms with van der Waals surface area (Å²) in [4.78, 5) is 0. The molecule has 132 valence electrons. The first kappa shape index (κ1) is 16.2. The molecular formula is C19H27NO4. The van der Waals surface area contributed by atoms with Gasteiger partial charge < -0.3 is 24.3 Å². The summed E-state index contributed by atoms with van der Waals surface area (Å²) in [5.74, 6) is 0.629. The van der Waals surface area contributed by atoms with Crippen LogP contribution in [-0.2, 0) is 14.2 Å². The molecule has 4 rings (SSSR count). The number of benzene rings is 1. The van der Waals surface area contributed by atoms with E-state index in [0.29, 0.717) is 12.6 Å². The van der Waals surface area contributed by atoms with Crippen molar-refractivity contribution in [1.29, 1.82) is 0 Å². The molecule has 0 radical (unpaired) electrons. The second-order valence-electron chi connectivity index (χ2n) is 7.00. The number of rotatable bonds is 5. The van der Waals surface area contributed by atoms with Crippen molar-refractivity contribution in [3.05, 3.63) is 24.3 Å². The summed E-state index contributed by atoms with van der Waals surface area (Å²) < 4.78 is 23.0. The van der Waals surface area contributed by atoms with Gasteiger partial charge in [-0.2, -0.15) is 0 Å².